The summed E-state index contributed by atoms with van der Waals surface area (Å²) in [6.07, 6.45) is 5.12. The lowest BCUT2D eigenvalue weighted by molar-refractivity contribution is -0.117. The SMILES string of the molecule is CN1/C(=C(Cl)\C=C(/C=O)Nc2ccncn2)C(=O)NC1(CCO)CCO. The molecule has 140 valence electrons. The molecule has 1 aromatic heterocycles. The smallest absolute Gasteiger partial charge is 0.270 e. The Morgan fingerprint density at radius 1 is 1.42 bits per heavy atom. The van der Waals surface area contributed by atoms with Gasteiger partial charge in [-0.05, 0) is 12.1 Å². The Morgan fingerprint density at radius 2 is 2.12 bits per heavy atom. The summed E-state index contributed by atoms with van der Waals surface area (Å²) >= 11 is 6.29. The molecule has 4 N–H and O–H groups in total. The van der Waals surface area contributed by atoms with Gasteiger partial charge in [0.25, 0.3) is 5.91 Å². The third-order valence-corrected chi connectivity index (χ3v) is 4.37. The molecule has 2 heterocycles. The van der Waals surface area contributed by atoms with E-state index in [1.165, 1.54) is 18.6 Å². The molecule has 1 amide bonds. The summed E-state index contributed by atoms with van der Waals surface area (Å²) < 4.78 is 0. The van der Waals surface area contributed by atoms with Crippen LogP contribution in [0.25, 0.3) is 0 Å². The van der Waals surface area contributed by atoms with Gasteiger partial charge in [0.1, 0.15) is 23.5 Å². The minimum atomic E-state index is -0.939. The van der Waals surface area contributed by atoms with Gasteiger partial charge in [-0.2, -0.15) is 0 Å². The van der Waals surface area contributed by atoms with Crippen LogP contribution in [0.2, 0.25) is 0 Å². The summed E-state index contributed by atoms with van der Waals surface area (Å²) in [6, 6.07) is 1.57. The number of amides is 1. The second kappa shape index (κ2) is 8.75. The van der Waals surface area contributed by atoms with Crippen LogP contribution in [0, 0.1) is 0 Å². The molecule has 9 nitrogen and oxygen atoms in total. The van der Waals surface area contributed by atoms with Crippen molar-refractivity contribution < 1.29 is 19.8 Å². The van der Waals surface area contributed by atoms with Crippen molar-refractivity contribution in [2.75, 3.05) is 25.6 Å². The average Bonchev–Trinajstić information content (AvgIpc) is 2.86. The first-order valence-electron chi connectivity index (χ1n) is 7.85. The normalized spacial score (nSPS) is 18.5. The van der Waals surface area contributed by atoms with E-state index >= 15 is 0 Å². The Hall–Kier alpha value is -2.49. The van der Waals surface area contributed by atoms with Crippen LogP contribution in [-0.2, 0) is 9.59 Å². The zero-order valence-corrected chi connectivity index (χ0v) is 14.9. The third-order valence-electron chi connectivity index (χ3n) is 4.08. The minimum absolute atomic E-state index is 0.0337. The number of anilines is 1. The first-order chi connectivity index (χ1) is 12.5. The maximum Gasteiger partial charge on any atom is 0.270 e. The van der Waals surface area contributed by atoms with Gasteiger partial charge in [0, 0.05) is 39.3 Å². The molecule has 1 aliphatic rings. The first kappa shape index (κ1) is 19.8. The lowest BCUT2D eigenvalue weighted by Crippen LogP contribution is -2.51. The van der Waals surface area contributed by atoms with Crippen molar-refractivity contribution in [1.82, 2.24) is 20.2 Å². The van der Waals surface area contributed by atoms with Gasteiger partial charge in [-0.1, -0.05) is 11.6 Å². The highest BCUT2D eigenvalue weighted by molar-refractivity contribution is 6.33. The number of likely N-dealkylation sites (N-methyl/N-ethyl adjacent to an activating group) is 1. The molecule has 0 unspecified atom stereocenters. The van der Waals surface area contributed by atoms with E-state index in [-0.39, 0.29) is 42.5 Å². The standard InChI is InChI=1S/C16H20ClN5O4/c1-22-14(15(26)21-16(22,3-6-23)4-7-24)12(17)8-11(9-25)20-13-2-5-18-10-19-13/h2,5,8-10,23-24H,3-4,6-7H2,1H3,(H,21,26)(H,18,19,20)/b11-8+,14-12+. The number of rotatable bonds is 8. The van der Waals surface area contributed by atoms with Gasteiger partial charge in [-0.3, -0.25) is 9.59 Å². The van der Waals surface area contributed by atoms with Crippen LogP contribution >= 0.6 is 11.6 Å². The van der Waals surface area contributed by atoms with Crippen LogP contribution < -0.4 is 10.6 Å². The van der Waals surface area contributed by atoms with Crippen molar-refractivity contribution in [3.05, 3.63) is 41.1 Å². The van der Waals surface area contributed by atoms with Crippen molar-refractivity contribution in [3.8, 4) is 0 Å². The summed E-state index contributed by atoms with van der Waals surface area (Å²) in [5.74, 6) is -0.0603. The maximum atomic E-state index is 12.4. The van der Waals surface area contributed by atoms with Crippen LogP contribution in [-0.4, -0.2) is 63.2 Å². The average molecular weight is 382 g/mol. The van der Waals surface area contributed by atoms with Crippen molar-refractivity contribution >= 4 is 29.6 Å². The number of nitrogens with one attached hydrogen (secondary N) is 2. The van der Waals surface area contributed by atoms with Gasteiger partial charge >= 0.3 is 0 Å². The number of aliphatic hydroxyl groups excluding tert-OH is 2. The number of aldehydes is 1. The molecule has 0 bridgehead atoms. The van der Waals surface area contributed by atoms with Crippen LogP contribution in [0.5, 0.6) is 0 Å². The molecule has 1 fully saturated rings. The number of aromatic nitrogens is 2. The van der Waals surface area contributed by atoms with Crippen LogP contribution in [0.3, 0.4) is 0 Å². The van der Waals surface area contributed by atoms with E-state index in [4.69, 9.17) is 11.6 Å². The van der Waals surface area contributed by atoms with E-state index in [1.807, 2.05) is 0 Å². The number of nitrogens with zero attached hydrogens (tertiary/aromatic N) is 3. The van der Waals surface area contributed by atoms with Gasteiger partial charge in [0.05, 0.1) is 10.7 Å². The minimum Gasteiger partial charge on any atom is -0.396 e. The van der Waals surface area contributed by atoms with E-state index < -0.39 is 11.6 Å². The molecule has 1 saturated heterocycles. The zero-order valence-electron chi connectivity index (χ0n) is 14.1. The second-order valence-corrected chi connectivity index (χ2v) is 6.03. The lowest BCUT2D eigenvalue weighted by Gasteiger charge is -2.36. The molecule has 26 heavy (non-hydrogen) atoms. The molecule has 0 aliphatic carbocycles. The highest BCUT2D eigenvalue weighted by Gasteiger charge is 2.45. The van der Waals surface area contributed by atoms with Gasteiger partial charge in [-0.25, -0.2) is 9.97 Å². The zero-order chi connectivity index (χ0) is 19.2. The number of hydrogen-bond acceptors (Lipinski definition) is 8. The van der Waals surface area contributed by atoms with Gasteiger partial charge in [-0.15, -0.1) is 0 Å². The molecule has 0 saturated carbocycles. The van der Waals surface area contributed by atoms with E-state index in [2.05, 4.69) is 20.6 Å². The Bertz CT molecular complexity index is 717. The Morgan fingerprint density at radius 3 is 2.65 bits per heavy atom. The first-order valence-corrected chi connectivity index (χ1v) is 8.23. The maximum absolute atomic E-state index is 12.4. The van der Waals surface area contributed by atoms with Crippen LogP contribution in [0.1, 0.15) is 12.8 Å². The Labute approximate surface area is 155 Å². The molecule has 10 heteroatoms. The molecule has 1 aromatic rings. The quantitative estimate of drug-likeness (QED) is 0.364. The fourth-order valence-electron chi connectivity index (χ4n) is 2.76. The van der Waals surface area contributed by atoms with Gasteiger partial charge in [0.15, 0.2) is 6.29 Å². The summed E-state index contributed by atoms with van der Waals surface area (Å²) in [5.41, 5.74) is -0.702. The largest absolute Gasteiger partial charge is 0.396 e. The molecule has 0 radical (unpaired) electrons. The Balaban J connectivity index is 2.34. The number of halogens is 1. The number of carbonyl (C=O) groups excluding carboxylic acids is 2. The number of hydrogen-bond donors (Lipinski definition) is 4. The molecular weight excluding hydrogens is 362 g/mol. The molecule has 0 atom stereocenters. The van der Waals surface area contributed by atoms with E-state index in [0.29, 0.717) is 12.1 Å². The second-order valence-electron chi connectivity index (χ2n) is 5.63. The highest BCUT2D eigenvalue weighted by atomic mass is 35.5. The van der Waals surface area contributed by atoms with E-state index in [1.54, 1.807) is 18.0 Å². The highest BCUT2D eigenvalue weighted by Crippen LogP contribution is 2.33. The molecule has 0 aromatic carbocycles. The predicted octanol–water partition coefficient (Wildman–Crippen LogP) is -0.0556. The summed E-state index contributed by atoms with van der Waals surface area (Å²) in [5, 5.41) is 24.2. The lowest BCUT2D eigenvalue weighted by atomic mass is 10.0. The number of allylic oxidation sites excluding steroid dienone is 3. The number of aliphatic hydroxyl groups is 2. The molecule has 2 rings (SSSR count). The fourth-order valence-corrected chi connectivity index (χ4v) is 3.09. The van der Waals surface area contributed by atoms with Gasteiger partial charge < -0.3 is 25.7 Å². The summed E-state index contributed by atoms with van der Waals surface area (Å²) in [7, 11) is 1.63. The van der Waals surface area contributed by atoms with Crippen molar-refractivity contribution in [1.29, 1.82) is 0 Å². The molecular formula is C16H20ClN5O4. The number of carbonyl (C=O) groups is 2. The van der Waals surface area contributed by atoms with E-state index in [9.17, 15) is 19.8 Å². The van der Waals surface area contributed by atoms with Crippen molar-refractivity contribution in [2.24, 2.45) is 0 Å². The van der Waals surface area contributed by atoms with Crippen LogP contribution in [0.15, 0.2) is 41.1 Å². The van der Waals surface area contributed by atoms with Crippen molar-refractivity contribution in [3.63, 3.8) is 0 Å². The van der Waals surface area contributed by atoms with Crippen LogP contribution in [0.4, 0.5) is 5.82 Å². The topological polar surface area (TPSA) is 128 Å². The van der Waals surface area contributed by atoms with Gasteiger partial charge in [0.2, 0.25) is 0 Å². The summed E-state index contributed by atoms with van der Waals surface area (Å²) in [6.45, 7) is -0.361. The summed E-state index contributed by atoms with van der Waals surface area (Å²) in [4.78, 5) is 33.0. The van der Waals surface area contributed by atoms with E-state index in [0.717, 1.165) is 0 Å². The fraction of sp³-hybridized carbons (Fsp3) is 0.375. The van der Waals surface area contributed by atoms with Crippen molar-refractivity contribution in [2.45, 2.75) is 18.5 Å². The third kappa shape index (κ3) is 4.18. The Kier molecular flexibility index (Phi) is 6.67. The molecule has 0 spiro atoms. The molecule has 1 aliphatic heterocycles. The monoisotopic (exact) mass is 381 g/mol. The predicted molar refractivity (Wildman–Crippen MR) is 94.7 cm³/mol.